The van der Waals surface area contributed by atoms with Crippen LogP contribution in [0.3, 0.4) is 0 Å². The number of amides is 1. The van der Waals surface area contributed by atoms with E-state index in [2.05, 4.69) is 56.2 Å². The molecule has 0 aliphatic rings. The number of aromatic hydroxyl groups is 2. The summed E-state index contributed by atoms with van der Waals surface area (Å²) in [5.74, 6) is 0.204. The molecule has 2 aromatic rings. The number of hydrogen-bond acceptors (Lipinski definition) is 5. The molecule has 0 bridgehead atoms. The minimum atomic E-state index is -0.432. The number of hydrogen-bond donors (Lipinski definition) is 3. The van der Waals surface area contributed by atoms with Crippen LogP contribution in [0.4, 0.5) is 0 Å². The van der Waals surface area contributed by atoms with Crippen molar-refractivity contribution in [3.05, 3.63) is 49.9 Å². The molecule has 144 valence electrons. The van der Waals surface area contributed by atoms with Crippen molar-refractivity contribution in [2.45, 2.75) is 26.7 Å². The smallest absolute Gasteiger partial charge is 0.277 e. The van der Waals surface area contributed by atoms with Gasteiger partial charge in [0.1, 0.15) is 21.7 Å². The fourth-order valence-corrected chi connectivity index (χ4v) is 3.46. The van der Waals surface area contributed by atoms with Crippen molar-refractivity contribution >= 4 is 44.0 Å². The second-order valence-electron chi connectivity index (χ2n) is 6.24. The van der Waals surface area contributed by atoms with Crippen LogP contribution in [-0.2, 0) is 4.79 Å². The number of ether oxygens (including phenoxy) is 1. The van der Waals surface area contributed by atoms with Crippen molar-refractivity contribution in [3.63, 3.8) is 0 Å². The maximum absolute atomic E-state index is 12.0. The van der Waals surface area contributed by atoms with Crippen molar-refractivity contribution in [1.82, 2.24) is 5.43 Å². The van der Waals surface area contributed by atoms with Crippen LogP contribution in [0.5, 0.6) is 17.2 Å². The van der Waals surface area contributed by atoms with Gasteiger partial charge in [-0.05, 0) is 68.0 Å². The lowest BCUT2D eigenvalue weighted by Crippen LogP contribution is -2.25. The summed E-state index contributed by atoms with van der Waals surface area (Å²) >= 11 is 6.24. The molecule has 2 rings (SSSR count). The largest absolute Gasteiger partial charge is 0.506 e. The summed E-state index contributed by atoms with van der Waals surface area (Å²) in [6.45, 7) is 5.89. The standard InChI is InChI=1S/C19H20Br2N2O4/c1-10(2)13-5-4-11(3)6-15(13)27-9-16(24)23-22-8-12-7-14(20)19(26)17(21)18(12)25/h4-8,10,25-26H,9H2,1-3H3,(H,23,24)/b22-8+. The maximum Gasteiger partial charge on any atom is 0.277 e. The molecule has 0 fully saturated rings. The molecule has 8 heteroatoms. The van der Waals surface area contributed by atoms with Crippen LogP contribution in [0.15, 0.2) is 38.3 Å². The van der Waals surface area contributed by atoms with E-state index in [-0.39, 0.29) is 28.5 Å². The summed E-state index contributed by atoms with van der Waals surface area (Å²) in [5, 5.41) is 23.5. The number of halogens is 2. The first-order valence-electron chi connectivity index (χ1n) is 8.15. The third-order valence-electron chi connectivity index (χ3n) is 3.74. The molecule has 0 spiro atoms. The minimum absolute atomic E-state index is 0.124. The molecule has 0 aliphatic carbocycles. The summed E-state index contributed by atoms with van der Waals surface area (Å²) in [7, 11) is 0. The van der Waals surface area contributed by atoms with Crippen molar-refractivity contribution in [2.75, 3.05) is 6.61 Å². The van der Waals surface area contributed by atoms with E-state index in [1.807, 2.05) is 25.1 Å². The van der Waals surface area contributed by atoms with Crippen LogP contribution < -0.4 is 10.2 Å². The average molecular weight is 500 g/mol. The second-order valence-corrected chi connectivity index (χ2v) is 7.88. The Balaban J connectivity index is 2.00. The highest BCUT2D eigenvalue weighted by molar-refractivity contribution is 9.11. The summed E-state index contributed by atoms with van der Waals surface area (Å²) < 4.78 is 6.15. The van der Waals surface area contributed by atoms with Crippen LogP contribution in [-0.4, -0.2) is 28.9 Å². The fourth-order valence-electron chi connectivity index (χ4n) is 2.31. The van der Waals surface area contributed by atoms with E-state index in [0.29, 0.717) is 15.8 Å². The van der Waals surface area contributed by atoms with E-state index in [0.717, 1.165) is 11.1 Å². The summed E-state index contributed by atoms with van der Waals surface area (Å²) in [5.41, 5.74) is 4.74. The molecule has 2 aromatic carbocycles. The highest BCUT2D eigenvalue weighted by Gasteiger charge is 2.13. The SMILES string of the molecule is Cc1ccc(C(C)C)c(OCC(=O)N/N=C/c2cc(Br)c(O)c(Br)c2O)c1. The van der Waals surface area contributed by atoms with Crippen molar-refractivity contribution in [1.29, 1.82) is 0 Å². The normalized spacial score (nSPS) is 11.2. The van der Waals surface area contributed by atoms with E-state index >= 15 is 0 Å². The number of aryl methyl sites for hydroxylation is 1. The molecule has 0 saturated carbocycles. The lowest BCUT2D eigenvalue weighted by molar-refractivity contribution is -0.123. The first-order valence-corrected chi connectivity index (χ1v) is 9.74. The second kappa shape index (κ2) is 9.23. The molecule has 0 atom stereocenters. The first kappa shape index (κ1) is 21.2. The van der Waals surface area contributed by atoms with Crippen LogP contribution in [0.2, 0.25) is 0 Å². The van der Waals surface area contributed by atoms with Crippen molar-refractivity contribution < 1.29 is 19.7 Å². The van der Waals surface area contributed by atoms with Crippen LogP contribution in [0.1, 0.15) is 36.5 Å². The van der Waals surface area contributed by atoms with E-state index < -0.39 is 5.91 Å². The molecule has 6 nitrogen and oxygen atoms in total. The van der Waals surface area contributed by atoms with Gasteiger partial charge in [0.2, 0.25) is 0 Å². The van der Waals surface area contributed by atoms with E-state index in [4.69, 9.17) is 4.74 Å². The van der Waals surface area contributed by atoms with Gasteiger partial charge in [-0.25, -0.2) is 5.43 Å². The molecule has 1 amide bonds. The quantitative estimate of drug-likeness (QED) is 0.400. The third kappa shape index (κ3) is 5.46. The molecular formula is C19H20Br2N2O4. The molecule has 0 aromatic heterocycles. The fraction of sp³-hybridized carbons (Fsp3) is 0.263. The number of rotatable bonds is 6. The highest BCUT2D eigenvalue weighted by atomic mass is 79.9. The molecule has 27 heavy (non-hydrogen) atoms. The van der Waals surface area contributed by atoms with E-state index in [1.54, 1.807) is 0 Å². The Bertz CT molecular complexity index is 882. The molecule has 0 saturated heterocycles. The predicted molar refractivity (Wildman–Crippen MR) is 112 cm³/mol. The number of hydrazone groups is 1. The summed E-state index contributed by atoms with van der Waals surface area (Å²) in [6.07, 6.45) is 1.27. The van der Waals surface area contributed by atoms with Crippen LogP contribution >= 0.6 is 31.9 Å². The highest BCUT2D eigenvalue weighted by Crippen LogP contribution is 2.40. The predicted octanol–water partition coefficient (Wildman–Crippen LogP) is 4.58. The zero-order chi connectivity index (χ0) is 20.1. The van der Waals surface area contributed by atoms with Crippen LogP contribution in [0.25, 0.3) is 0 Å². The zero-order valence-electron chi connectivity index (χ0n) is 15.1. The number of benzene rings is 2. The Morgan fingerprint density at radius 2 is 1.96 bits per heavy atom. The Labute approximate surface area is 174 Å². The summed E-state index contributed by atoms with van der Waals surface area (Å²) in [4.78, 5) is 12.0. The molecular weight excluding hydrogens is 480 g/mol. The van der Waals surface area contributed by atoms with Crippen molar-refractivity contribution in [2.24, 2.45) is 5.10 Å². The minimum Gasteiger partial charge on any atom is -0.506 e. The third-order valence-corrected chi connectivity index (χ3v) is 5.10. The van der Waals surface area contributed by atoms with Gasteiger partial charge in [0, 0.05) is 5.56 Å². The zero-order valence-corrected chi connectivity index (χ0v) is 18.3. The van der Waals surface area contributed by atoms with Gasteiger partial charge < -0.3 is 14.9 Å². The lowest BCUT2D eigenvalue weighted by Gasteiger charge is -2.14. The Morgan fingerprint density at radius 1 is 1.26 bits per heavy atom. The van der Waals surface area contributed by atoms with Gasteiger partial charge in [0.15, 0.2) is 6.61 Å². The van der Waals surface area contributed by atoms with Gasteiger partial charge in [0.05, 0.1) is 10.7 Å². The first-order chi connectivity index (χ1) is 12.7. The van der Waals surface area contributed by atoms with E-state index in [1.165, 1.54) is 12.3 Å². The van der Waals surface area contributed by atoms with Gasteiger partial charge in [-0.3, -0.25) is 4.79 Å². The van der Waals surface area contributed by atoms with Gasteiger partial charge in [-0.15, -0.1) is 0 Å². The molecule has 3 N–H and O–H groups in total. The van der Waals surface area contributed by atoms with Gasteiger partial charge in [0.25, 0.3) is 5.91 Å². The van der Waals surface area contributed by atoms with Crippen LogP contribution in [0, 0.1) is 6.92 Å². The Kier molecular flexibility index (Phi) is 7.26. The molecule has 0 heterocycles. The lowest BCUT2D eigenvalue weighted by atomic mass is 10.0. The average Bonchev–Trinajstić information content (AvgIpc) is 2.62. The number of carbonyl (C=O) groups excluding carboxylic acids is 1. The molecule has 0 radical (unpaired) electrons. The number of phenols is 2. The molecule has 0 aliphatic heterocycles. The number of carbonyl (C=O) groups is 1. The van der Waals surface area contributed by atoms with Gasteiger partial charge in [-0.1, -0.05) is 26.0 Å². The van der Waals surface area contributed by atoms with Gasteiger partial charge >= 0.3 is 0 Å². The van der Waals surface area contributed by atoms with Gasteiger partial charge in [-0.2, -0.15) is 5.10 Å². The van der Waals surface area contributed by atoms with E-state index in [9.17, 15) is 15.0 Å². The number of nitrogens with zero attached hydrogens (tertiary/aromatic N) is 1. The number of nitrogens with one attached hydrogen (secondary N) is 1. The topological polar surface area (TPSA) is 91.2 Å². The summed E-state index contributed by atoms with van der Waals surface area (Å²) in [6, 6.07) is 7.38. The van der Waals surface area contributed by atoms with Crippen molar-refractivity contribution in [3.8, 4) is 17.2 Å². The Hall–Kier alpha value is -2.06. The maximum atomic E-state index is 12.0. The Morgan fingerprint density at radius 3 is 2.63 bits per heavy atom. The molecule has 0 unspecified atom stereocenters. The number of phenolic OH excluding ortho intramolecular Hbond substituents is 2. The monoisotopic (exact) mass is 498 g/mol.